The van der Waals surface area contributed by atoms with Crippen LogP contribution in [0.4, 0.5) is 0 Å². The van der Waals surface area contributed by atoms with Gasteiger partial charge in [0.2, 0.25) is 5.91 Å². The van der Waals surface area contributed by atoms with Crippen molar-refractivity contribution in [3.8, 4) is 0 Å². The van der Waals surface area contributed by atoms with Gasteiger partial charge in [-0.1, -0.05) is 17.7 Å². The SMILES string of the molecule is Cc1ccc(C(=O)N=c2sc(C)cn2CC(=O)N(C)C)cc1. The Morgan fingerprint density at radius 2 is 1.82 bits per heavy atom. The Hall–Kier alpha value is -2.21. The van der Waals surface area contributed by atoms with E-state index >= 15 is 0 Å². The molecule has 5 nitrogen and oxygen atoms in total. The van der Waals surface area contributed by atoms with Crippen molar-refractivity contribution in [2.45, 2.75) is 20.4 Å². The molecular formula is C16H19N3O2S. The minimum absolute atomic E-state index is 0.0398. The Kier molecular flexibility index (Phi) is 4.92. The zero-order valence-corrected chi connectivity index (χ0v) is 14.0. The molecule has 0 N–H and O–H groups in total. The fourth-order valence-electron chi connectivity index (χ4n) is 1.84. The Morgan fingerprint density at radius 1 is 1.18 bits per heavy atom. The van der Waals surface area contributed by atoms with Crippen LogP contribution in [-0.4, -0.2) is 35.4 Å². The molecule has 2 rings (SSSR count). The van der Waals surface area contributed by atoms with Crippen LogP contribution in [0.25, 0.3) is 0 Å². The summed E-state index contributed by atoms with van der Waals surface area (Å²) in [4.78, 5) is 31.3. The van der Waals surface area contributed by atoms with Gasteiger partial charge >= 0.3 is 0 Å². The molecule has 0 aliphatic heterocycles. The van der Waals surface area contributed by atoms with E-state index in [2.05, 4.69) is 4.99 Å². The number of hydrogen-bond acceptors (Lipinski definition) is 3. The van der Waals surface area contributed by atoms with Crippen molar-refractivity contribution in [3.63, 3.8) is 0 Å². The molecule has 2 amide bonds. The molecule has 1 aromatic heterocycles. The first-order valence-corrected chi connectivity index (χ1v) is 7.71. The minimum atomic E-state index is -0.298. The molecule has 0 bridgehead atoms. The summed E-state index contributed by atoms with van der Waals surface area (Å²) in [5.74, 6) is -0.338. The molecule has 0 radical (unpaired) electrons. The molecule has 0 aliphatic carbocycles. The lowest BCUT2D eigenvalue weighted by atomic mass is 10.1. The third-order valence-corrected chi connectivity index (χ3v) is 4.07. The number of benzene rings is 1. The van der Waals surface area contributed by atoms with Crippen LogP contribution >= 0.6 is 11.3 Å². The predicted molar refractivity (Wildman–Crippen MR) is 86.8 cm³/mol. The Balaban J connectivity index is 2.33. The standard InChI is InChI=1S/C16H19N3O2S/c1-11-5-7-13(8-6-11)15(21)17-16-19(9-12(2)22-16)10-14(20)18(3)4/h5-9H,10H2,1-4H3. The summed E-state index contributed by atoms with van der Waals surface area (Å²) in [5, 5.41) is 0. The van der Waals surface area contributed by atoms with Gasteiger partial charge in [-0.05, 0) is 26.0 Å². The van der Waals surface area contributed by atoms with Gasteiger partial charge in [-0.25, -0.2) is 0 Å². The molecule has 0 atom stereocenters. The van der Waals surface area contributed by atoms with Crippen molar-refractivity contribution in [2.75, 3.05) is 14.1 Å². The normalized spacial score (nSPS) is 11.5. The van der Waals surface area contributed by atoms with Crippen LogP contribution in [0.3, 0.4) is 0 Å². The van der Waals surface area contributed by atoms with Crippen LogP contribution in [-0.2, 0) is 11.3 Å². The third-order valence-electron chi connectivity index (χ3n) is 3.14. The number of amides is 2. The fourth-order valence-corrected chi connectivity index (χ4v) is 2.67. The highest BCUT2D eigenvalue weighted by molar-refractivity contribution is 7.09. The van der Waals surface area contributed by atoms with Crippen LogP contribution in [0, 0.1) is 13.8 Å². The number of carbonyl (C=O) groups is 2. The summed E-state index contributed by atoms with van der Waals surface area (Å²) >= 11 is 1.40. The van der Waals surface area contributed by atoms with Crippen LogP contribution < -0.4 is 4.80 Å². The molecule has 22 heavy (non-hydrogen) atoms. The number of carbonyl (C=O) groups excluding carboxylic acids is 2. The Bertz CT molecular complexity index is 754. The first-order chi connectivity index (χ1) is 10.4. The van der Waals surface area contributed by atoms with E-state index in [-0.39, 0.29) is 18.4 Å². The molecule has 6 heteroatoms. The zero-order chi connectivity index (χ0) is 16.3. The summed E-state index contributed by atoms with van der Waals surface area (Å²) in [7, 11) is 3.41. The Morgan fingerprint density at radius 3 is 2.41 bits per heavy atom. The first-order valence-electron chi connectivity index (χ1n) is 6.89. The largest absolute Gasteiger partial charge is 0.347 e. The summed E-state index contributed by atoms with van der Waals surface area (Å²) in [6.07, 6.45) is 1.84. The predicted octanol–water partition coefficient (Wildman–Crippen LogP) is 2.00. The Labute approximate surface area is 133 Å². The maximum Gasteiger partial charge on any atom is 0.279 e. The molecule has 0 aliphatic rings. The number of thiazole rings is 1. The molecule has 1 aromatic carbocycles. The van der Waals surface area contributed by atoms with Crippen molar-refractivity contribution in [3.05, 3.63) is 51.3 Å². The summed E-state index contributed by atoms with van der Waals surface area (Å²) in [6.45, 7) is 4.07. The fraction of sp³-hybridized carbons (Fsp3) is 0.312. The maximum absolute atomic E-state index is 12.2. The number of nitrogens with zero attached hydrogens (tertiary/aromatic N) is 3. The molecule has 1 heterocycles. The monoisotopic (exact) mass is 317 g/mol. The molecule has 2 aromatic rings. The highest BCUT2D eigenvalue weighted by Gasteiger charge is 2.10. The van der Waals surface area contributed by atoms with E-state index in [1.54, 1.807) is 30.8 Å². The summed E-state index contributed by atoms with van der Waals surface area (Å²) in [6, 6.07) is 7.28. The highest BCUT2D eigenvalue weighted by atomic mass is 32.1. The molecule has 0 spiro atoms. The van der Waals surface area contributed by atoms with Crippen molar-refractivity contribution in [1.82, 2.24) is 9.47 Å². The van der Waals surface area contributed by atoms with Gasteiger partial charge in [0, 0.05) is 30.7 Å². The molecule has 116 valence electrons. The highest BCUT2D eigenvalue weighted by Crippen LogP contribution is 2.06. The van der Waals surface area contributed by atoms with Crippen molar-refractivity contribution >= 4 is 23.2 Å². The van der Waals surface area contributed by atoms with E-state index < -0.39 is 0 Å². The van der Waals surface area contributed by atoms with Gasteiger partial charge in [-0.15, -0.1) is 11.3 Å². The first kappa shape index (κ1) is 16.2. The molecule has 0 fully saturated rings. The van der Waals surface area contributed by atoms with Crippen molar-refractivity contribution in [2.24, 2.45) is 4.99 Å². The van der Waals surface area contributed by atoms with Crippen molar-refractivity contribution in [1.29, 1.82) is 0 Å². The number of hydrogen-bond donors (Lipinski definition) is 0. The molecule has 0 unspecified atom stereocenters. The third kappa shape index (κ3) is 3.92. The number of likely N-dealkylation sites (N-methyl/N-ethyl adjacent to an activating group) is 1. The topological polar surface area (TPSA) is 54.7 Å². The average Bonchev–Trinajstić information content (AvgIpc) is 2.79. The lowest BCUT2D eigenvalue weighted by molar-refractivity contribution is -0.129. The lowest BCUT2D eigenvalue weighted by Crippen LogP contribution is -2.30. The average molecular weight is 317 g/mol. The van der Waals surface area contributed by atoms with Gasteiger partial charge in [0.25, 0.3) is 5.91 Å². The smallest absolute Gasteiger partial charge is 0.279 e. The lowest BCUT2D eigenvalue weighted by Gasteiger charge is -2.10. The van der Waals surface area contributed by atoms with Crippen LogP contribution in [0.15, 0.2) is 35.5 Å². The van der Waals surface area contributed by atoms with E-state index in [1.165, 1.54) is 16.2 Å². The quantitative estimate of drug-likeness (QED) is 0.869. The second-order valence-corrected chi connectivity index (χ2v) is 6.54. The van der Waals surface area contributed by atoms with Crippen LogP contribution in [0.2, 0.25) is 0 Å². The van der Waals surface area contributed by atoms with Crippen LogP contribution in [0.5, 0.6) is 0 Å². The molecule has 0 saturated carbocycles. The van der Waals surface area contributed by atoms with E-state index in [4.69, 9.17) is 0 Å². The number of aryl methyl sites for hydroxylation is 2. The van der Waals surface area contributed by atoms with E-state index in [9.17, 15) is 9.59 Å². The zero-order valence-electron chi connectivity index (χ0n) is 13.2. The number of aromatic nitrogens is 1. The minimum Gasteiger partial charge on any atom is -0.347 e. The molecule has 0 saturated heterocycles. The molecular weight excluding hydrogens is 298 g/mol. The van der Waals surface area contributed by atoms with Crippen molar-refractivity contribution < 1.29 is 9.59 Å². The second-order valence-electron chi connectivity index (χ2n) is 5.32. The van der Waals surface area contributed by atoms with Gasteiger partial charge in [-0.2, -0.15) is 4.99 Å². The van der Waals surface area contributed by atoms with Gasteiger partial charge in [0.05, 0.1) is 0 Å². The van der Waals surface area contributed by atoms with Gasteiger partial charge < -0.3 is 9.47 Å². The van der Waals surface area contributed by atoms with E-state index in [0.29, 0.717) is 10.4 Å². The van der Waals surface area contributed by atoms with E-state index in [0.717, 1.165) is 10.4 Å². The second kappa shape index (κ2) is 6.70. The van der Waals surface area contributed by atoms with E-state index in [1.807, 2.05) is 32.2 Å². The van der Waals surface area contributed by atoms with Gasteiger partial charge in [-0.3, -0.25) is 9.59 Å². The van der Waals surface area contributed by atoms with Gasteiger partial charge in [0.1, 0.15) is 6.54 Å². The number of rotatable bonds is 3. The van der Waals surface area contributed by atoms with Crippen LogP contribution in [0.1, 0.15) is 20.8 Å². The maximum atomic E-state index is 12.2. The van der Waals surface area contributed by atoms with Gasteiger partial charge in [0.15, 0.2) is 4.80 Å². The summed E-state index contributed by atoms with van der Waals surface area (Å²) in [5.41, 5.74) is 1.64. The summed E-state index contributed by atoms with van der Waals surface area (Å²) < 4.78 is 1.72.